The highest BCUT2D eigenvalue weighted by Crippen LogP contribution is 2.23. The second-order valence-electron chi connectivity index (χ2n) is 4.46. The molecule has 0 fully saturated rings. The molecule has 3 rings (SSSR count). The minimum Gasteiger partial charge on any atom is -0.497 e. The number of imidazole rings is 1. The quantitative estimate of drug-likeness (QED) is 0.730. The van der Waals surface area contributed by atoms with Crippen LogP contribution in [0, 0.1) is 0 Å². The summed E-state index contributed by atoms with van der Waals surface area (Å²) in [7, 11) is 3.30. The molecule has 0 unspecified atom stereocenters. The van der Waals surface area contributed by atoms with E-state index in [4.69, 9.17) is 9.47 Å². The Morgan fingerprint density at radius 2 is 1.85 bits per heavy atom. The maximum atomic E-state index is 5.29. The van der Waals surface area contributed by atoms with E-state index in [-0.39, 0.29) is 0 Å². The largest absolute Gasteiger partial charge is 0.497 e. The molecule has 0 spiro atoms. The molecule has 0 bridgehead atoms. The van der Waals surface area contributed by atoms with E-state index in [1.54, 1.807) is 20.4 Å². The average molecular weight is 269 g/mol. The maximum absolute atomic E-state index is 5.29. The Morgan fingerprint density at radius 3 is 2.55 bits per heavy atom. The van der Waals surface area contributed by atoms with Crippen molar-refractivity contribution in [3.05, 3.63) is 48.5 Å². The van der Waals surface area contributed by atoms with E-state index < -0.39 is 0 Å². The molecule has 102 valence electrons. The monoisotopic (exact) mass is 269 g/mol. The number of methoxy groups -OCH3 is 2. The van der Waals surface area contributed by atoms with Crippen molar-refractivity contribution in [2.24, 2.45) is 0 Å². The van der Waals surface area contributed by atoms with E-state index in [0.717, 1.165) is 28.1 Å². The van der Waals surface area contributed by atoms with Crippen LogP contribution in [0.3, 0.4) is 0 Å². The third-order valence-corrected chi connectivity index (χ3v) is 3.19. The summed E-state index contributed by atoms with van der Waals surface area (Å²) in [5.41, 5.74) is 3.04. The molecule has 0 atom stereocenters. The fourth-order valence-corrected chi connectivity index (χ4v) is 2.18. The van der Waals surface area contributed by atoms with E-state index in [9.17, 15) is 0 Å². The number of benzene rings is 1. The van der Waals surface area contributed by atoms with E-state index in [2.05, 4.69) is 14.5 Å². The number of aromatic nitrogens is 3. The molecule has 0 saturated heterocycles. The topological polar surface area (TPSA) is 49.2 Å². The lowest BCUT2D eigenvalue weighted by Crippen LogP contribution is -1.99. The highest BCUT2D eigenvalue weighted by molar-refractivity contribution is 5.73. The van der Waals surface area contributed by atoms with Crippen LogP contribution in [0.15, 0.2) is 43.0 Å². The number of hydrogen-bond donors (Lipinski definition) is 0. The molecule has 0 aliphatic rings. The molecule has 0 amide bonds. The predicted octanol–water partition coefficient (Wildman–Crippen LogP) is 2.50. The second kappa shape index (κ2) is 5.21. The molecule has 2 heterocycles. The lowest BCUT2D eigenvalue weighted by molar-refractivity contribution is 0.393. The molecule has 5 heteroatoms. The Labute approximate surface area is 116 Å². The summed E-state index contributed by atoms with van der Waals surface area (Å²) in [6.07, 6.45) is 5.38. The Bertz CT molecular complexity index is 715. The van der Waals surface area contributed by atoms with Gasteiger partial charge >= 0.3 is 0 Å². The fourth-order valence-electron chi connectivity index (χ4n) is 2.18. The highest BCUT2D eigenvalue weighted by atomic mass is 16.5. The zero-order chi connectivity index (χ0) is 13.9. The van der Waals surface area contributed by atoms with Gasteiger partial charge in [0.05, 0.1) is 37.8 Å². The van der Waals surface area contributed by atoms with Gasteiger partial charge in [0.2, 0.25) is 0 Å². The van der Waals surface area contributed by atoms with Crippen LogP contribution < -0.4 is 9.47 Å². The van der Waals surface area contributed by atoms with Crippen molar-refractivity contribution in [2.75, 3.05) is 14.2 Å². The van der Waals surface area contributed by atoms with E-state index in [1.807, 2.05) is 36.8 Å². The van der Waals surface area contributed by atoms with E-state index >= 15 is 0 Å². The van der Waals surface area contributed by atoms with Gasteiger partial charge in [-0.15, -0.1) is 0 Å². The summed E-state index contributed by atoms with van der Waals surface area (Å²) < 4.78 is 12.6. The molecule has 3 aromatic rings. The second-order valence-corrected chi connectivity index (χ2v) is 4.46. The van der Waals surface area contributed by atoms with Crippen molar-refractivity contribution < 1.29 is 9.47 Å². The highest BCUT2D eigenvalue weighted by Gasteiger charge is 2.06. The van der Waals surface area contributed by atoms with Gasteiger partial charge < -0.3 is 14.0 Å². The standard InChI is InChI=1S/C15H15N3O2/c1-19-12-5-11(6-13(7-12)20-2)9-18-10-17-14-3-4-16-8-15(14)18/h3-8,10H,9H2,1-2H3. The van der Waals surface area contributed by atoms with Crippen molar-refractivity contribution in [1.82, 2.24) is 14.5 Å². The third-order valence-electron chi connectivity index (χ3n) is 3.19. The SMILES string of the molecule is COc1cc(Cn2cnc3ccncc32)cc(OC)c1. The van der Waals surface area contributed by atoms with Crippen LogP contribution >= 0.6 is 0 Å². The molecule has 20 heavy (non-hydrogen) atoms. The minimum absolute atomic E-state index is 0.690. The van der Waals surface area contributed by atoms with E-state index in [1.165, 1.54) is 0 Å². The predicted molar refractivity (Wildman–Crippen MR) is 76.2 cm³/mol. The summed E-state index contributed by atoms with van der Waals surface area (Å²) in [6, 6.07) is 7.74. The molecular weight excluding hydrogens is 254 g/mol. The van der Waals surface area contributed by atoms with Crippen LogP contribution in [-0.4, -0.2) is 28.8 Å². The van der Waals surface area contributed by atoms with Crippen molar-refractivity contribution >= 4 is 11.0 Å². The van der Waals surface area contributed by atoms with Crippen molar-refractivity contribution in [3.8, 4) is 11.5 Å². The van der Waals surface area contributed by atoms with Gasteiger partial charge in [0.15, 0.2) is 0 Å². The van der Waals surface area contributed by atoms with Gasteiger partial charge in [-0.2, -0.15) is 0 Å². The minimum atomic E-state index is 0.690. The zero-order valence-corrected chi connectivity index (χ0v) is 11.4. The van der Waals surface area contributed by atoms with Crippen LogP contribution in [-0.2, 0) is 6.54 Å². The first-order valence-electron chi connectivity index (χ1n) is 6.27. The summed E-state index contributed by atoms with van der Waals surface area (Å²) in [4.78, 5) is 8.51. The van der Waals surface area contributed by atoms with Gasteiger partial charge in [-0.3, -0.25) is 4.98 Å². The van der Waals surface area contributed by atoms with Crippen LogP contribution in [0.2, 0.25) is 0 Å². The first-order valence-corrected chi connectivity index (χ1v) is 6.27. The number of hydrogen-bond acceptors (Lipinski definition) is 4. The molecule has 1 aromatic carbocycles. The molecule has 2 aromatic heterocycles. The first-order chi connectivity index (χ1) is 9.80. The number of fused-ring (bicyclic) bond motifs is 1. The summed E-state index contributed by atoms with van der Waals surface area (Å²) >= 11 is 0. The summed E-state index contributed by atoms with van der Waals surface area (Å²) in [5.74, 6) is 1.56. The lowest BCUT2D eigenvalue weighted by Gasteiger charge is -2.09. The molecule has 0 N–H and O–H groups in total. The Hall–Kier alpha value is -2.56. The van der Waals surface area contributed by atoms with Gasteiger partial charge in [-0.1, -0.05) is 0 Å². The zero-order valence-electron chi connectivity index (χ0n) is 11.4. The smallest absolute Gasteiger partial charge is 0.122 e. The van der Waals surface area contributed by atoms with Crippen molar-refractivity contribution in [2.45, 2.75) is 6.54 Å². The molecule has 0 aliphatic carbocycles. The van der Waals surface area contributed by atoms with E-state index in [0.29, 0.717) is 6.54 Å². The molecule has 5 nitrogen and oxygen atoms in total. The van der Waals surface area contributed by atoms with Gasteiger partial charge in [0, 0.05) is 18.8 Å². The van der Waals surface area contributed by atoms with Gasteiger partial charge in [0.1, 0.15) is 11.5 Å². The third kappa shape index (κ3) is 2.30. The number of rotatable bonds is 4. The Balaban J connectivity index is 1.98. The van der Waals surface area contributed by atoms with Crippen molar-refractivity contribution in [3.63, 3.8) is 0 Å². The van der Waals surface area contributed by atoms with Crippen LogP contribution in [0.1, 0.15) is 5.56 Å². The Kier molecular flexibility index (Phi) is 3.25. The Morgan fingerprint density at radius 1 is 1.10 bits per heavy atom. The number of ether oxygens (including phenoxy) is 2. The average Bonchev–Trinajstić information content (AvgIpc) is 2.90. The summed E-state index contributed by atoms with van der Waals surface area (Å²) in [5, 5.41) is 0. The van der Waals surface area contributed by atoms with Gasteiger partial charge in [-0.25, -0.2) is 4.98 Å². The molecule has 0 saturated carbocycles. The number of nitrogens with zero attached hydrogens (tertiary/aromatic N) is 3. The summed E-state index contributed by atoms with van der Waals surface area (Å²) in [6.45, 7) is 0.690. The first kappa shape index (κ1) is 12.5. The molecule has 0 radical (unpaired) electrons. The van der Waals surface area contributed by atoms with Gasteiger partial charge in [-0.05, 0) is 23.8 Å². The van der Waals surface area contributed by atoms with Gasteiger partial charge in [0.25, 0.3) is 0 Å². The maximum Gasteiger partial charge on any atom is 0.122 e. The molecular formula is C15H15N3O2. The van der Waals surface area contributed by atoms with Crippen LogP contribution in [0.5, 0.6) is 11.5 Å². The van der Waals surface area contributed by atoms with Crippen molar-refractivity contribution in [1.29, 1.82) is 0 Å². The van der Waals surface area contributed by atoms with Crippen LogP contribution in [0.25, 0.3) is 11.0 Å². The number of pyridine rings is 1. The van der Waals surface area contributed by atoms with Crippen LogP contribution in [0.4, 0.5) is 0 Å². The lowest BCUT2D eigenvalue weighted by atomic mass is 10.2. The fraction of sp³-hybridized carbons (Fsp3) is 0.200. The molecule has 0 aliphatic heterocycles. The normalized spacial score (nSPS) is 10.7.